The van der Waals surface area contributed by atoms with Crippen molar-refractivity contribution in [3.63, 3.8) is 0 Å². The van der Waals surface area contributed by atoms with Crippen LogP contribution >= 0.6 is 0 Å². The summed E-state index contributed by atoms with van der Waals surface area (Å²) in [6, 6.07) is 7.45. The molecule has 2 aromatic rings. The normalized spacial score (nSPS) is 23.8. The molecule has 0 unspecified atom stereocenters. The summed E-state index contributed by atoms with van der Waals surface area (Å²) in [5, 5.41) is 32.4. The van der Waals surface area contributed by atoms with Gasteiger partial charge < -0.3 is 24.8 Å². The van der Waals surface area contributed by atoms with Gasteiger partial charge in [-0.05, 0) is 113 Å². The third-order valence-corrected chi connectivity index (χ3v) is 8.98. The van der Waals surface area contributed by atoms with Crippen LogP contribution in [0, 0.1) is 11.3 Å². The lowest BCUT2D eigenvalue weighted by molar-refractivity contribution is -0.138. The maximum absolute atomic E-state index is 10.9. The summed E-state index contributed by atoms with van der Waals surface area (Å²) in [5.74, 6) is 1.66. The van der Waals surface area contributed by atoms with Gasteiger partial charge in [-0.3, -0.25) is 0 Å². The second-order valence-electron chi connectivity index (χ2n) is 12.7. The zero-order valence-electron chi connectivity index (χ0n) is 25.2. The monoisotopic (exact) mass is 546 g/mol. The Morgan fingerprint density at radius 2 is 1.68 bits per heavy atom. The van der Waals surface area contributed by atoms with Gasteiger partial charge in [0.15, 0.2) is 11.5 Å². The average molecular weight is 547 g/mol. The number of phenolic OH excluding ortho intramolecular Hbond substituents is 2. The molecular weight excluding hydrogens is 500 g/mol. The van der Waals surface area contributed by atoms with Crippen LogP contribution in [0.2, 0.25) is 0 Å². The number of allylic oxidation sites excluding steroid dienone is 4. The highest BCUT2D eigenvalue weighted by Crippen LogP contribution is 2.54. The van der Waals surface area contributed by atoms with E-state index in [-0.39, 0.29) is 28.9 Å². The lowest BCUT2D eigenvalue weighted by Crippen LogP contribution is -2.58. The van der Waals surface area contributed by atoms with Crippen molar-refractivity contribution in [2.75, 3.05) is 7.11 Å². The first-order valence-corrected chi connectivity index (χ1v) is 14.4. The maximum atomic E-state index is 10.9. The number of hydrogen-bond donors (Lipinski definition) is 3. The van der Waals surface area contributed by atoms with Crippen LogP contribution in [0.25, 0.3) is 12.2 Å². The SMILES string of the molecule is COc1cc(/C=C/c2cc(O)c3c(c2)C[C@@H]2C(C)(C)[C@H](O)CC[C@@]2(C)O3)cc(O)c1C/C=C(\C)CCC=C(C)C. The molecule has 0 bridgehead atoms. The van der Waals surface area contributed by atoms with Gasteiger partial charge >= 0.3 is 0 Å². The highest BCUT2D eigenvalue weighted by Gasteiger charge is 2.54. The summed E-state index contributed by atoms with van der Waals surface area (Å²) < 4.78 is 12.1. The van der Waals surface area contributed by atoms with Crippen LogP contribution in [0.15, 0.2) is 47.6 Å². The zero-order chi connectivity index (χ0) is 29.2. The summed E-state index contributed by atoms with van der Waals surface area (Å²) >= 11 is 0. The van der Waals surface area contributed by atoms with E-state index in [4.69, 9.17) is 9.47 Å². The number of fused-ring (bicyclic) bond motifs is 2. The number of aromatic hydroxyl groups is 2. The number of benzene rings is 2. The largest absolute Gasteiger partial charge is 0.507 e. The van der Waals surface area contributed by atoms with Crippen LogP contribution < -0.4 is 9.47 Å². The van der Waals surface area contributed by atoms with Crippen LogP contribution in [0.4, 0.5) is 0 Å². The van der Waals surface area contributed by atoms with E-state index < -0.39 is 5.60 Å². The van der Waals surface area contributed by atoms with Gasteiger partial charge in [-0.2, -0.15) is 0 Å². The molecule has 5 heteroatoms. The van der Waals surface area contributed by atoms with E-state index >= 15 is 0 Å². The number of ether oxygens (including phenoxy) is 2. The smallest absolute Gasteiger partial charge is 0.164 e. The van der Waals surface area contributed by atoms with Gasteiger partial charge in [0, 0.05) is 11.5 Å². The van der Waals surface area contributed by atoms with E-state index in [1.807, 2.05) is 18.2 Å². The standard InChI is InChI=1S/C35H46O5/c1-22(2)9-8-10-23(3)11-14-27-28(36)18-25(20-30(27)39-7)13-12-24-17-26-21-31-34(4,5)32(38)15-16-35(31,6)40-33(26)29(37)19-24/h9,11-13,17-20,31-32,36-38H,8,10,14-16,21H2,1-7H3/b13-12+,23-11+/t31-,32-,35-/m1/s1. The number of aliphatic hydroxyl groups excluding tert-OH is 1. The Bertz CT molecular complexity index is 1330. The Morgan fingerprint density at radius 3 is 2.35 bits per heavy atom. The summed E-state index contributed by atoms with van der Waals surface area (Å²) in [7, 11) is 1.62. The van der Waals surface area contributed by atoms with Crippen molar-refractivity contribution in [2.45, 2.75) is 91.8 Å². The molecule has 0 radical (unpaired) electrons. The molecule has 0 amide bonds. The highest BCUT2D eigenvalue weighted by atomic mass is 16.5. The molecule has 40 heavy (non-hydrogen) atoms. The summed E-state index contributed by atoms with van der Waals surface area (Å²) in [6.07, 6.45) is 12.6. The molecule has 2 aliphatic rings. The number of aliphatic hydroxyl groups is 1. The summed E-state index contributed by atoms with van der Waals surface area (Å²) in [5.41, 5.74) is 5.27. The lowest BCUT2D eigenvalue weighted by atomic mass is 9.57. The number of rotatable bonds is 8. The lowest BCUT2D eigenvalue weighted by Gasteiger charge is -2.55. The fourth-order valence-electron chi connectivity index (χ4n) is 6.40. The van der Waals surface area contributed by atoms with E-state index in [1.165, 1.54) is 11.1 Å². The Kier molecular flexibility index (Phi) is 8.75. The molecule has 1 heterocycles. The fraction of sp³-hybridized carbons (Fsp3) is 0.486. The van der Waals surface area contributed by atoms with Gasteiger partial charge in [0.25, 0.3) is 0 Å². The third-order valence-electron chi connectivity index (χ3n) is 8.98. The van der Waals surface area contributed by atoms with Crippen molar-refractivity contribution in [1.82, 2.24) is 0 Å². The van der Waals surface area contributed by atoms with Crippen molar-refractivity contribution in [1.29, 1.82) is 0 Å². The number of methoxy groups -OCH3 is 1. The Hall–Kier alpha value is -3.18. The third kappa shape index (κ3) is 6.25. The first-order valence-electron chi connectivity index (χ1n) is 14.4. The predicted octanol–water partition coefficient (Wildman–Crippen LogP) is 8.00. The van der Waals surface area contributed by atoms with Crippen molar-refractivity contribution >= 4 is 12.2 Å². The number of hydrogen-bond acceptors (Lipinski definition) is 5. The Labute approximate surface area is 239 Å². The van der Waals surface area contributed by atoms with Crippen molar-refractivity contribution in [3.05, 3.63) is 69.8 Å². The Balaban J connectivity index is 1.55. The minimum absolute atomic E-state index is 0.128. The van der Waals surface area contributed by atoms with E-state index in [1.54, 1.807) is 19.2 Å². The second kappa shape index (κ2) is 11.7. The van der Waals surface area contributed by atoms with Crippen molar-refractivity contribution in [3.8, 4) is 23.0 Å². The van der Waals surface area contributed by atoms with Gasteiger partial charge in [0.05, 0.1) is 13.2 Å². The molecule has 3 atom stereocenters. The van der Waals surface area contributed by atoms with Gasteiger partial charge in [0.2, 0.25) is 0 Å². The van der Waals surface area contributed by atoms with Crippen LogP contribution in [-0.2, 0) is 12.8 Å². The van der Waals surface area contributed by atoms with E-state index in [9.17, 15) is 15.3 Å². The quantitative estimate of drug-likeness (QED) is 0.231. The molecule has 3 N–H and O–H groups in total. The topological polar surface area (TPSA) is 79.2 Å². The second-order valence-corrected chi connectivity index (χ2v) is 12.7. The van der Waals surface area contributed by atoms with Crippen LogP contribution in [0.3, 0.4) is 0 Å². The molecule has 4 rings (SSSR count). The maximum Gasteiger partial charge on any atom is 0.164 e. The van der Waals surface area contributed by atoms with E-state index in [0.717, 1.165) is 47.9 Å². The average Bonchev–Trinajstić information content (AvgIpc) is 2.88. The molecule has 1 aliphatic carbocycles. The summed E-state index contributed by atoms with van der Waals surface area (Å²) in [6.45, 7) is 12.7. The highest BCUT2D eigenvalue weighted by molar-refractivity contribution is 5.73. The molecule has 2 aromatic carbocycles. The predicted molar refractivity (Wildman–Crippen MR) is 163 cm³/mol. The van der Waals surface area contributed by atoms with Crippen LogP contribution in [-0.4, -0.2) is 34.1 Å². The minimum atomic E-state index is -0.417. The van der Waals surface area contributed by atoms with Gasteiger partial charge in [-0.25, -0.2) is 0 Å². The minimum Gasteiger partial charge on any atom is -0.507 e. The van der Waals surface area contributed by atoms with Crippen molar-refractivity contribution < 1.29 is 24.8 Å². The molecule has 5 nitrogen and oxygen atoms in total. The molecule has 216 valence electrons. The molecule has 1 fully saturated rings. The molecule has 0 aromatic heterocycles. The summed E-state index contributed by atoms with van der Waals surface area (Å²) in [4.78, 5) is 0. The molecule has 1 saturated carbocycles. The Morgan fingerprint density at radius 1 is 1.00 bits per heavy atom. The molecular formula is C35H46O5. The molecule has 0 saturated heterocycles. The van der Waals surface area contributed by atoms with E-state index in [0.29, 0.717) is 24.3 Å². The fourth-order valence-corrected chi connectivity index (χ4v) is 6.40. The van der Waals surface area contributed by atoms with Crippen LogP contribution in [0.5, 0.6) is 23.0 Å². The molecule has 1 aliphatic heterocycles. The van der Waals surface area contributed by atoms with Crippen LogP contribution in [0.1, 0.15) is 89.5 Å². The first kappa shape index (κ1) is 29.8. The van der Waals surface area contributed by atoms with Gasteiger partial charge in [-0.15, -0.1) is 0 Å². The number of phenols is 2. The zero-order valence-corrected chi connectivity index (χ0v) is 25.2. The molecule has 0 spiro atoms. The van der Waals surface area contributed by atoms with Gasteiger partial charge in [0.1, 0.15) is 17.1 Å². The first-order chi connectivity index (χ1) is 18.8. The van der Waals surface area contributed by atoms with Gasteiger partial charge in [-0.1, -0.05) is 49.3 Å². The van der Waals surface area contributed by atoms with E-state index in [2.05, 4.69) is 59.8 Å². The van der Waals surface area contributed by atoms with Crippen molar-refractivity contribution in [2.24, 2.45) is 11.3 Å².